The Bertz CT molecular complexity index is 1810. The molecule has 4 N–H and O–H groups in total. The van der Waals surface area contributed by atoms with Gasteiger partial charge in [-0.1, -0.05) is 63.3 Å². The molecule has 1 aromatic carbocycles. The van der Waals surface area contributed by atoms with Crippen molar-refractivity contribution < 1.29 is 28.7 Å². The second kappa shape index (κ2) is 17.8. The smallest absolute Gasteiger partial charge is 0.408 e. The van der Waals surface area contributed by atoms with Crippen molar-refractivity contribution in [1.82, 2.24) is 39.8 Å². The van der Waals surface area contributed by atoms with Gasteiger partial charge in [-0.05, 0) is 50.7 Å². The zero-order valence-corrected chi connectivity index (χ0v) is 31.6. The molecule has 280 valence electrons. The summed E-state index contributed by atoms with van der Waals surface area (Å²) in [6.45, 7) is 13.6. The van der Waals surface area contributed by atoms with Gasteiger partial charge in [0.15, 0.2) is 10.8 Å². The Labute approximate surface area is 307 Å². The van der Waals surface area contributed by atoms with Crippen LogP contribution in [0.5, 0.6) is 0 Å². The maximum absolute atomic E-state index is 13.2. The van der Waals surface area contributed by atoms with Crippen LogP contribution < -0.4 is 16.0 Å². The molecule has 0 saturated heterocycles. The van der Waals surface area contributed by atoms with Crippen LogP contribution in [0.4, 0.5) is 10.6 Å². The Hall–Kier alpha value is -5.25. The largest absolute Gasteiger partial charge is 0.444 e. The summed E-state index contributed by atoms with van der Waals surface area (Å²) in [4.78, 5) is 79.0. The first-order valence-electron chi connectivity index (χ1n) is 17.4. The van der Waals surface area contributed by atoms with E-state index in [1.807, 2.05) is 62.6 Å². The van der Waals surface area contributed by atoms with Crippen LogP contribution in [-0.4, -0.2) is 97.2 Å². The molecule has 0 spiro atoms. The Balaban J connectivity index is 1.35. The Morgan fingerprint density at radius 3 is 2.31 bits per heavy atom. The van der Waals surface area contributed by atoms with E-state index < -0.39 is 29.6 Å². The van der Waals surface area contributed by atoms with Crippen LogP contribution in [0.15, 0.2) is 42.9 Å². The van der Waals surface area contributed by atoms with Crippen LogP contribution in [-0.2, 0) is 30.5 Å². The molecular weight excluding hydrogens is 687 g/mol. The van der Waals surface area contributed by atoms with Crippen molar-refractivity contribution in [3.63, 3.8) is 0 Å². The fourth-order valence-electron chi connectivity index (χ4n) is 5.42. The highest BCUT2D eigenvalue weighted by atomic mass is 32.1. The zero-order valence-electron chi connectivity index (χ0n) is 30.8. The Morgan fingerprint density at radius 2 is 1.69 bits per heavy atom. The van der Waals surface area contributed by atoms with Gasteiger partial charge in [0, 0.05) is 19.3 Å². The minimum Gasteiger partial charge on any atom is -0.444 e. The molecule has 52 heavy (non-hydrogen) atoms. The minimum absolute atomic E-state index is 0.0493. The average Bonchev–Trinajstić information content (AvgIpc) is 3.80. The highest BCUT2D eigenvalue weighted by Crippen LogP contribution is 2.31. The number of nitrogens with zero attached hydrogens (tertiary/aromatic N) is 5. The lowest BCUT2D eigenvalue weighted by Crippen LogP contribution is -2.49. The molecule has 1 unspecified atom stereocenters. The number of alkyl carbamates (subject to hydrolysis) is 1. The molecule has 0 aliphatic rings. The van der Waals surface area contributed by atoms with Crippen molar-refractivity contribution in [1.29, 1.82) is 0 Å². The number of hydrogen-bond donors (Lipinski definition) is 4. The number of rotatable bonds is 17. The van der Waals surface area contributed by atoms with Crippen LogP contribution in [0.1, 0.15) is 67.1 Å². The number of carbonyl (C=O) groups is 5. The molecule has 4 aromatic rings. The van der Waals surface area contributed by atoms with Gasteiger partial charge in [0.1, 0.15) is 24.0 Å². The number of aromatic nitrogens is 4. The fraction of sp³-hybridized carbons (Fsp3) is 0.472. The van der Waals surface area contributed by atoms with Crippen molar-refractivity contribution in [2.45, 2.75) is 79.5 Å². The van der Waals surface area contributed by atoms with E-state index in [9.17, 15) is 24.0 Å². The van der Waals surface area contributed by atoms with E-state index in [2.05, 4.69) is 30.9 Å². The Morgan fingerprint density at radius 1 is 1.02 bits per heavy atom. The van der Waals surface area contributed by atoms with Gasteiger partial charge in [0.2, 0.25) is 24.1 Å². The molecule has 0 aliphatic heterocycles. The molecule has 4 rings (SSSR count). The number of nitrogens with one attached hydrogen (secondary N) is 4. The highest BCUT2D eigenvalue weighted by molar-refractivity contribution is 7.20. The second-order valence-electron chi connectivity index (χ2n) is 13.7. The number of H-pyrrole nitrogens is 1. The number of hydrogen-bond acceptors (Lipinski definition) is 9. The third-order valence-electron chi connectivity index (χ3n) is 7.82. The van der Waals surface area contributed by atoms with Crippen LogP contribution >= 0.6 is 11.3 Å². The van der Waals surface area contributed by atoms with Gasteiger partial charge in [-0.15, -0.1) is 0 Å². The normalized spacial score (nSPS) is 12.0. The average molecular weight is 736 g/mol. The van der Waals surface area contributed by atoms with Crippen LogP contribution in [0.25, 0.3) is 26.7 Å². The molecule has 0 aliphatic carbocycles. The van der Waals surface area contributed by atoms with Gasteiger partial charge in [-0.25, -0.2) is 14.8 Å². The maximum Gasteiger partial charge on any atom is 0.408 e. The number of imidazole rings is 2. The van der Waals surface area contributed by atoms with Crippen molar-refractivity contribution in [2.75, 3.05) is 31.5 Å². The first-order valence-corrected chi connectivity index (χ1v) is 18.2. The number of aromatic amines is 1. The lowest BCUT2D eigenvalue weighted by atomic mass is 10.0. The summed E-state index contributed by atoms with van der Waals surface area (Å²) in [5.74, 6) is 0.0282. The molecule has 3 heterocycles. The van der Waals surface area contributed by atoms with E-state index in [0.29, 0.717) is 49.1 Å². The van der Waals surface area contributed by atoms with Crippen molar-refractivity contribution >= 4 is 52.3 Å². The number of fused-ring (bicyclic) bond motifs is 1. The maximum atomic E-state index is 13.2. The highest BCUT2D eigenvalue weighted by Gasteiger charge is 2.27. The molecule has 0 bridgehead atoms. The zero-order chi connectivity index (χ0) is 38.0. The summed E-state index contributed by atoms with van der Waals surface area (Å²) in [5.41, 5.74) is 2.04. The van der Waals surface area contributed by atoms with E-state index >= 15 is 0 Å². The molecule has 3 aromatic heterocycles. The first kappa shape index (κ1) is 39.5. The number of thiazole rings is 1. The number of anilines is 1. The van der Waals surface area contributed by atoms with Crippen molar-refractivity contribution in [3.8, 4) is 21.7 Å². The summed E-state index contributed by atoms with van der Waals surface area (Å²) >= 11 is 1.47. The molecule has 1 atom stereocenters. The molecule has 16 heteroatoms. The van der Waals surface area contributed by atoms with E-state index in [1.165, 1.54) is 16.2 Å². The van der Waals surface area contributed by atoms with Crippen molar-refractivity contribution in [3.05, 3.63) is 48.7 Å². The number of ether oxygens (including phenoxy) is 1. The molecule has 15 nitrogen and oxygen atoms in total. The standard InChI is InChI=1S/C36H49N9O6S/c1-8-14-43(31(48)17-38-35(50)51-36(5,6)7)21-30(47)41-29-20-45-18-27(52-34(45)42-29)25-12-10-24(11-13-25)26-16-37-28(40-26)19-44(15-9-2)33(49)32(23(3)4)39-22-46/h10-13,16,18,20,22-23,32H,8-9,14-15,17,19,21H2,1-7H3,(H,37,40)(H,38,50)(H,39,46)(H,41,47). The summed E-state index contributed by atoms with van der Waals surface area (Å²) in [5, 5.41) is 7.86. The first-order chi connectivity index (χ1) is 24.7. The van der Waals surface area contributed by atoms with Gasteiger partial charge >= 0.3 is 6.09 Å². The van der Waals surface area contributed by atoms with Gasteiger partial charge < -0.3 is 35.5 Å². The van der Waals surface area contributed by atoms with Crippen LogP contribution in [0, 0.1) is 5.92 Å². The van der Waals surface area contributed by atoms with Crippen molar-refractivity contribution in [2.24, 2.45) is 5.92 Å². The van der Waals surface area contributed by atoms with Gasteiger partial charge in [0.05, 0.1) is 36.1 Å². The van der Waals surface area contributed by atoms with Gasteiger partial charge in [0.25, 0.3) is 0 Å². The van der Waals surface area contributed by atoms with E-state index in [-0.39, 0.29) is 24.9 Å². The molecule has 0 radical (unpaired) electrons. The van der Waals surface area contributed by atoms with Gasteiger partial charge in [-0.3, -0.25) is 23.6 Å². The topological polar surface area (TPSA) is 183 Å². The number of benzene rings is 1. The monoisotopic (exact) mass is 735 g/mol. The molecule has 5 amide bonds. The summed E-state index contributed by atoms with van der Waals surface area (Å²) < 4.78 is 7.01. The third kappa shape index (κ3) is 10.9. The lowest BCUT2D eigenvalue weighted by Gasteiger charge is -2.28. The van der Waals surface area contributed by atoms with Gasteiger partial charge in [-0.2, -0.15) is 0 Å². The Kier molecular flexibility index (Phi) is 13.5. The minimum atomic E-state index is -0.700. The predicted octanol–water partition coefficient (Wildman–Crippen LogP) is 4.66. The summed E-state index contributed by atoms with van der Waals surface area (Å²) in [6, 6.07) is 7.39. The fourth-order valence-corrected chi connectivity index (χ4v) is 6.39. The number of amides is 5. The second-order valence-corrected chi connectivity index (χ2v) is 14.7. The number of carbonyl (C=O) groups excluding carboxylic acids is 5. The quantitative estimate of drug-likeness (QED) is 0.113. The summed E-state index contributed by atoms with van der Waals surface area (Å²) in [6.07, 6.45) is 6.68. The predicted molar refractivity (Wildman–Crippen MR) is 199 cm³/mol. The third-order valence-corrected chi connectivity index (χ3v) is 8.87. The SMILES string of the molecule is CCCN(CC(=O)Nc1cn2cc(-c3ccc(-c4cnc(CN(CCC)C(=O)C(NC=O)C(C)C)[nH]4)cc3)sc2n1)C(=O)CNC(=O)OC(C)(C)C. The summed E-state index contributed by atoms with van der Waals surface area (Å²) in [7, 11) is 0. The van der Waals surface area contributed by atoms with E-state index in [1.54, 1.807) is 38.1 Å². The van der Waals surface area contributed by atoms with Crippen LogP contribution in [0.2, 0.25) is 0 Å². The van der Waals surface area contributed by atoms with E-state index in [4.69, 9.17) is 4.74 Å². The van der Waals surface area contributed by atoms with E-state index in [0.717, 1.165) is 28.1 Å². The molecule has 0 fully saturated rings. The molecular formula is C36H49N9O6S. The van der Waals surface area contributed by atoms with Crippen LogP contribution in [0.3, 0.4) is 0 Å². The molecule has 0 saturated carbocycles. The lowest BCUT2D eigenvalue weighted by molar-refractivity contribution is -0.136.